The van der Waals surface area contributed by atoms with Gasteiger partial charge in [0.15, 0.2) is 6.61 Å². The number of carbonyl (C=O) groups excluding carboxylic acids is 2. The van der Waals surface area contributed by atoms with Gasteiger partial charge in [-0.15, -0.1) is 0 Å². The highest BCUT2D eigenvalue weighted by Gasteiger charge is 2.27. The smallest absolute Gasteiger partial charge is 0.339 e. The standard InChI is InChI=1S/C27H24N4O3/c32-25(29-20-10-13-28-14-11-20)18-34-27(33)26-21-8-4-5-9-23(21)30-24-12-15-31(17-22(24)26)16-19-6-2-1-3-7-19/h1-11,13-14H,12,15-18H2,(H,28,29,32). The van der Waals surface area contributed by atoms with Crippen molar-refractivity contribution in [3.63, 3.8) is 0 Å². The van der Waals surface area contributed by atoms with Crippen molar-refractivity contribution in [2.45, 2.75) is 19.5 Å². The molecule has 3 heterocycles. The first kappa shape index (κ1) is 21.7. The number of amides is 1. The summed E-state index contributed by atoms with van der Waals surface area (Å²) in [6, 6.07) is 21.2. The van der Waals surface area contributed by atoms with E-state index in [1.807, 2.05) is 42.5 Å². The summed E-state index contributed by atoms with van der Waals surface area (Å²) in [4.78, 5) is 36.7. The van der Waals surface area contributed by atoms with E-state index in [2.05, 4.69) is 27.3 Å². The molecule has 0 radical (unpaired) electrons. The van der Waals surface area contributed by atoms with Crippen LogP contribution in [0.3, 0.4) is 0 Å². The van der Waals surface area contributed by atoms with Gasteiger partial charge in [-0.05, 0) is 23.8 Å². The zero-order valence-electron chi connectivity index (χ0n) is 18.6. The molecule has 1 aliphatic heterocycles. The second-order valence-electron chi connectivity index (χ2n) is 8.24. The Kier molecular flexibility index (Phi) is 6.27. The monoisotopic (exact) mass is 452 g/mol. The fourth-order valence-electron chi connectivity index (χ4n) is 4.29. The van der Waals surface area contributed by atoms with Gasteiger partial charge in [0.05, 0.1) is 11.1 Å². The van der Waals surface area contributed by atoms with Crippen molar-refractivity contribution in [3.8, 4) is 0 Å². The summed E-state index contributed by atoms with van der Waals surface area (Å²) in [5.41, 5.74) is 4.86. The molecular formula is C27H24N4O3. The number of hydrogen-bond acceptors (Lipinski definition) is 6. The summed E-state index contributed by atoms with van der Waals surface area (Å²) in [5, 5.41) is 3.44. The van der Waals surface area contributed by atoms with Crippen LogP contribution in [0.4, 0.5) is 5.69 Å². The largest absolute Gasteiger partial charge is 0.452 e. The SMILES string of the molecule is O=C(COC(=O)c1c2c(nc3ccccc13)CCN(Cc1ccccc1)C2)Nc1ccncc1. The van der Waals surface area contributed by atoms with E-state index in [0.717, 1.165) is 41.7 Å². The molecule has 34 heavy (non-hydrogen) atoms. The van der Waals surface area contributed by atoms with Crippen LogP contribution in [0.15, 0.2) is 79.1 Å². The van der Waals surface area contributed by atoms with E-state index >= 15 is 0 Å². The van der Waals surface area contributed by atoms with Gasteiger partial charge < -0.3 is 10.1 Å². The van der Waals surface area contributed by atoms with Crippen molar-refractivity contribution in [1.82, 2.24) is 14.9 Å². The van der Waals surface area contributed by atoms with Gasteiger partial charge in [0, 0.05) is 60.8 Å². The first-order chi connectivity index (χ1) is 16.7. The maximum atomic E-state index is 13.3. The van der Waals surface area contributed by atoms with Crippen LogP contribution >= 0.6 is 0 Å². The molecule has 5 rings (SSSR count). The minimum absolute atomic E-state index is 0.375. The average molecular weight is 453 g/mol. The van der Waals surface area contributed by atoms with E-state index in [1.54, 1.807) is 24.5 Å². The number of carbonyl (C=O) groups is 2. The Labute approximate surface area is 197 Å². The summed E-state index contributed by atoms with van der Waals surface area (Å²) in [5.74, 6) is -0.918. The van der Waals surface area contributed by atoms with Crippen molar-refractivity contribution in [3.05, 3.63) is 102 Å². The Bertz CT molecular complexity index is 1330. The minimum atomic E-state index is -0.513. The van der Waals surface area contributed by atoms with Gasteiger partial charge in [-0.25, -0.2) is 4.79 Å². The number of nitrogens with zero attached hydrogens (tertiary/aromatic N) is 3. The molecule has 0 spiro atoms. The topological polar surface area (TPSA) is 84.4 Å². The van der Waals surface area contributed by atoms with E-state index in [9.17, 15) is 9.59 Å². The Hall–Kier alpha value is -4.10. The van der Waals surface area contributed by atoms with E-state index in [0.29, 0.717) is 17.8 Å². The molecule has 0 fully saturated rings. The Morgan fingerprint density at radius 3 is 2.56 bits per heavy atom. The molecule has 0 aliphatic carbocycles. The lowest BCUT2D eigenvalue weighted by molar-refractivity contribution is -0.119. The van der Waals surface area contributed by atoms with Crippen LogP contribution in [0.5, 0.6) is 0 Å². The predicted molar refractivity (Wildman–Crippen MR) is 129 cm³/mol. The van der Waals surface area contributed by atoms with Gasteiger partial charge in [-0.1, -0.05) is 48.5 Å². The molecule has 4 aromatic rings. The Morgan fingerprint density at radius 1 is 0.971 bits per heavy atom. The number of rotatable bonds is 6. The highest BCUT2D eigenvalue weighted by atomic mass is 16.5. The second-order valence-corrected chi connectivity index (χ2v) is 8.24. The molecule has 2 aromatic heterocycles. The fourth-order valence-corrected chi connectivity index (χ4v) is 4.29. The average Bonchev–Trinajstić information content (AvgIpc) is 2.87. The lowest BCUT2D eigenvalue weighted by atomic mass is 9.95. The summed E-state index contributed by atoms with van der Waals surface area (Å²) in [7, 11) is 0. The van der Waals surface area contributed by atoms with Crippen LogP contribution in [-0.4, -0.2) is 39.9 Å². The number of fused-ring (bicyclic) bond motifs is 2. The third-order valence-corrected chi connectivity index (χ3v) is 5.88. The number of ether oxygens (including phenoxy) is 1. The molecule has 2 aromatic carbocycles. The molecule has 0 saturated carbocycles. The van der Waals surface area contributed by atoms with Crippen LogP contribution in [0.1, 0.15) is 27.2 Å². The van der Waals surface area contributed by atoms with Crippen LogP contribution in [0, 0.1) is 0 Å². The maximum absolute atomic E-state index is 13.3. The molecule has 0 saturated heterocycles. The molecule has 1 amide bonds. The molecule has 1 aliphatic rings. The number of esters is 1. The zero-order chi connectivity index (χ0) is 23.3. The maximum Gasteiger partial charge on any atom is 0.339 e. The minimum Gasteiger partial charge on any atom is -0.452 e. The first-order valence-corrected chi connectivity index (χ1v) is 11.2. The van der Waals surface area contributed by atoms with Crippen LogP contribution in [-0.2, 0) is 29.0 Å². The van der Waals surface area contributed by atoms with Crippen molar-refractivity contribution >= 4 is 28.5 Å². The number of hydrogen-bond donors (Lipinski definition) is 1. The summed E-state index contributed by atoms with van der Waals surface area (Å²) >= 11 is 0. The van der Waals surface area contributed by atoms with Gasteiger partial charge in [-0.3, -0.25) is 19.7 Å². The van der Waals surface area contributed by atoms with Crippen LogP contribution < -0.4 is 5.32 Å². The van der Waals surface area contributed by atoms with E-state index in [-0.39, 0.29) is 6.61 Å². The molecule has 0 atom stereocenters. The second kappa shape index (κ2) is 9.80. The Morgan fingerprint density at radius 2 is 1.74 bits per heavy atom. The number of nitrogens with one attached hydrogen (secondary N) is 1. The number of anilines is 1. The third-order valence-electron chi connectivity index (χ3n) is 5.88. The van der Waals surface area contributed by atoms with Crippen molar-refractivity contribution in [2.24, 2.45) is 0 Å². The predicted octanol–water partition coefficient (Wildman–Crippen LogP) is 3.98. The van der Waals surface area contributed by atoms with Gasteiger partial charge in [0.2, 0.25) is 0 Å². The third kappa shape index (κ3) is 4.79. The highest BCUT2D eigenvalue weighted by Crippen LogP contribution is 2.29. The van der Waals surface area contributed by atoms with Gasteiger partial charge in [-0.2, -0.15) is 0 Å². The lowest BCUT2D eigenvalue weighted by Crippen LogP contribution is -2.32. The van der Waals surface area contributed by atoms with E-state index in [4.69, 9.17) is 9.72 Å². The molecule has 0 unspecified atom stereocenters. The number of pyridine rings is 2. The number of para-hydroxylation sites is 1. The molecule has 1 N–H and O–H groups in total. The van der Waals surface area contributed by atoms with E-state index in [1.165, 1.54) is 5.56 Å². The van der Waals surface area contributed by atoms with Crippen molar-refractivity contribution in [1.29, 1.82) is 0 Å². The Balaban J connectivity index is 1.39. The van der Waals surface area contributed by atoms with Gasteiger partial charge in [0.1, 0.15) is 0 Å². The van der Waals surface area contributed by atoms with Crippen molar-refractivity contribution in [2.75, 3.05) is 18.5 Å². The molecule has 7 nitrogen and oxygen atoms in total. The number of benzene rings is 2. The van der Waals surface area contributed by atoms with Crippen LogP contribution in [0.25, 0.3) is 10.9 Å². The lowest BCUT2D eigenvalue weighted by Gasteiger charge is -2.30. The molecule has 170 valence electrons. The van der Waals surface area contributed by atoms with Gasteiger partial charge in [0.25, 0.3) is 5.91 Å². The summed E-state index contributed by atoms with van der Waals surface area (Å²) in [6.45, 7) is 1.86. The quantitative estimate of drug-likeness (QED) is 0.446. The van der Waals surface area contributed by atoms with Gasteiger partial charge >= 0.3 is 5.97 Å². The van der Waals surface area contributed by atoms with Crippen molar-refractivity contribution < 1.29 is 14.3 Å². The summed E-state index contributed by atoms with van der Waals surface area (Å²) in [6.07, 6.45) is 3.91. The molecular weight excluding hydrogens is 428 g/mol. The van der Waals surface area contributed by atoms with E-state index < -0.39 is 11.9 Å². The van der Waals surface area contributed by atoms with Crippen LogP contribution in [0.2, 0.25) is 0 Å². The highest BCUT2D eigenvalue weighted by molar-refractivity contribution is 6.06. The summed E-state index contributed by atoms with van der Waals surface area (Å²) < 4.78 is 5.48. The first-order valence-electron chi connectivity index (χ1n) is 11.2. The number of aromatic nitrogens is 2. The normalized spacial score (nSPS) is 13.3. The fraction of sp³-hybridized carbons (Fsp3) is 0.185. The zero-order valence-corrected chi connectivity index (χ0v) is 18.6. The molecule has 0 bridgehead atoms. The molecule has 7 heteroatoms.